The fourth-order valence-electron chi connectivity index (χ4n) is 3.01. The first-order valence-electron chi connectivity index (χ1n) is 8.29. The van der Waals surface area contributed by atoms with Gasteiger partial charge in [-0.25, -0.2) is 0 Å². The summed E-state index contributed by atoms with van der Waals surface area (Å²) in [7, 11) is 1.85. The summed E-state index contributed by atoms with van der Waals surface area (Å²) in [6, 6.07) is 12.8. The lowest BCUT2D eigenvalue weighted by Gasteiger charge is -2.20. The predicted molar refractivity (Wildman–Crippen MR) is 101 cm³/mol. The predicted octanol–water partition coefficient (Wildman–Crippen LogP) is 2.32. The van der Waals surface area contributed by atoms with Crippen LogP contribution in [-0.2, 0) is 7.05 Å². The number of amides is 1. The minimum atomic E-state index is -0.249. The van der Waals surface area contributed by atoms with Crippen molar-refractivity contribution in [1.29, 1.82) is 0 Å². The van der Waals surface area contributed by atoms with Gasteiger partial charge in [-0.3, -0.25) is 9.48 Å². The molecule has 2 aromatic carbocycles. The van der Waals surface area contributed by atoms with Gasteiger partial charge < -0.3 is 15.1 Å². The zero-order valence-corrected chi connectivity index (χ0v) is 15.1. The van der Waals surface area contributed by atoms with E-state index in [4.69, 9.17) is 21.8 Å². The number of carbonyl (C=O) groups is 1. The fraction of sp³-hybridized carbons (Fsp3) is 0.263. The lowest BCUT2D eigenvalue weighted by molar-refractivity contribution is 0.0685. The van der Waals surface area contributed by atoms with Gasteiger partial charge in [0, 0.05) is 36.7 Å². The molecule has 0 radical (unpaired) electrons. The molecule has 26 heavy (non-hydrogen) atoms. The van der Waals surface area contributed by atoms with Crippen LogP contribution in [0.15, 0.2) is 42.5 Å². The second-order valence-corrected chi connectivity index (χ2v) is 6.33. The van der Waals surface area contributed by atoms with Crippen LogP contribution < -0.4 is 0 Å². The molecule has 0 aliphatic rings. The van der Waals surface area contributed by atoms with Gasteiger partial charge in [-0.05, 0) is 24.3 Å². The highest BCUT2D eigenvalue weighted by Gasteiger charge is 2.18. The van der Waals surface area contributed by atoms with E-state index in [2.05, 4.69) is 5.10 Å². The van der Waals surface area contributed by atoms with E-state index in [0.717, 1.165) is 16.5 Å². The molecule has 3 rings (SSSR count). The third-order valence-corrected chi connectivity index (χ3v) is 4.55. The SMILES string of the molecule is Cn1nc(-c2cccc(C(=O)N(CCO)CCO)c2)c2c(Cl)cccc21. The van der Waals surface area contributed by atoms with Crippen molar-refractivity contribution in [3.63, 3.8) is 0 Å². The Bertz CT molecular complexity index is 933. The van der Waals surface area contributed by atoms with E-state index in [1.807, 2.05) is 31.3 Å². The minimum Gasteiger partial charge on any atom is -0.395 e. The average molecular weight is 374 g/mol. The van der Waals surface area contributed by atoms with Crippen molar-refractivity contribution in [1.82, 2.24) is 14.7 Å². The molecular weight excluding hydrogens is 354 g/mol. The first-order chi connectivity index (χ1) is 12.6. The number of aliphatic hydroxyl groups is 2. The second-order valence-electron chi connectivity index (χ2n) is 5.93. The van der Waals surface area contributed by atoms with Crippen LogP contribution >= 0.6 is 11.6 Å². The standard InChI is InChI=1S/C19H20ClN3O3/c1-22-16-7-3-6-15(20)17(16)18(21-22)13-4-2-5-14(12-13)19(26)23(8-10-24)9-11-25/h2-7,12,24-25H,8-11H2,1H3. The fourth-order valence-corrected chi connectivity index (χ4v) is 3.27. The minimum absolute atomic E-state index is 0.161. The zero-order chi connectivity index (χ0) is 18.7. The Hall–Kier alpha value is -2.41. The van der Waals surface area contributed by atoms with Crippen LogP contribution in [0.2, 0.25) is 5.02 Å². The largest absolute Gasteiger partial charge is 0.395 e. The number of benzene rings is 2. The molecule has 1 amide bonds. The molecule has 1 aromatic heterocycles. The quantitative estimate of drug-likeness (QED) is 0.695. The molecule has 0 spiro atoms. The maximum Gasteiger partial charge on any atom is 0.254 e. The number of hydrogen-bond donors (Lipinski definition) is 2. The molecule has 0 fully saturated rings. The van der Waals surface area contributed by atoms with Crippen molar-refractivity contribution < 1.29 is 15.0 Å². The number of hydrogen-bond acceptors (Lipinski definition) is 4. The topological polar surface area (TPSA) is 78.6 Å². The Morgan fingerprint density at radius 1 is 1.15 bits per heavy atom. The van der Waals surface area contributed by atoms with E-state index in [-0.39, 0.29) is 32.2 Å². The van der Waals surface area contributed by atoms with Crippen molar-refractivity contribution in [2.24, 2.45) is 7.05 Å². The number of fused-ring (bicyclic) bond motifs is 1. The number of carbonyl (C=O) groups excluding carboxylic acids is 1. The lowest BCUT2D eigenvalue weighted by atomic mass is 10.0. The number of aryl methyl sites for hydroxylation is 1. The summed E-state index contributed by atoms with van der Waals surface area (Å²) >= 11 is 6.38. The van der Waals surface area contributed by atoms with Gasteiger partial charge >= 0.3 is 0 Å². The molecule has 7 heteroatoms. The van der Waals surface area contributed by atoms with Crippen LogP contribution in [0.3, 0.4) is 0 Å². The number of aromatic nitrogens is 2. The van der Waals surface area contributed by atoms with Gasteiger partial charge in [0.2, 0.25) is 0 Å². The Labute approximate surface area is 156 Å². The van der Waals surface area contributed by atoms with Gasteiger partial charge in [-0.2, -0.15) is 5.10 Å². The van der Waals surface area contributed by atoms with Gasteiger partial charge in [-0.1, -0.05) is 29.8 Å². The molecule has 0 saturated carbocycles. The van der Waals surface area contributed by atoms with Gasteiger partial charge in [-0.15, -0.1) is 0 Å². The maximum atomic E-state index is 12.7. The van der Waals surface area contributed by atoms with Gasteiger partial charge in [0.1, 0.15) is 5.69 Å². The summed E-state index contributed by atoms with van der Waals surface area (Å²) in [4.78, 5) is 14.1. The second kappa shape index (κ2) is 7.86. The smallest absolute Gasteiger partial charge is 0.254 e. The summed E-state index contributed by atoms with van der Waals surface area (Å²) in [5, 5.41) is 24.3. The number of aliphatic hydroxyl groups excluding tert-OH is 2. The summed E-state index contributed by atoms with van der Waals surface area (Å²) in [5.41, 5.74) is 2.86. The van der Waals surface area contributed by atoms with Gasteiger partial charge in [0.05, 0.1) is 23.8 Å². The normalized spacial score (nSPS) is 11.1. The molecule has 1 heterocycles. The Morgan fingerprint density at radius 3 is 2.54 bits per heavy atom. The van der Waals surface area contributed by atoms with E-state index < -0.39 is 0 Å². The van der Waals surface area contributed by atoms with Crippen LogP contribution in [0.1, 0.15) is 10.4 Å². The van der Waals surface area contributed by atoms with Crippen molar-refractivity contribution in [3.05, 3.63) is 53.1 Å². The first kappa shape index (κ1) is 18.4. The Balaban J connectivity index is 2.04. The number of rotatable bonds is 6. The zero-order valence-electron chi connectivity index (χ0n) is 14.4. The van der Waals surface area contributed by atoms with Crippen LogP contribution in [0.4, 0.5) is 0 Å². The molecule has 3 aromatic rings. The van der Waals surface area contributed by atoms with Crippen LogP contribution in [-0.4, -0.2) is 57.1 Å². The molecule has 6 nitrogen and oxygen atoms in total. The van der Waals surface area contributed by atoms with Crippen LogP contribution in [0.25, 0.3) is 22.2 Å². The summed E-state index contributed by atoms with van der Waals surface area (Å²) in [6.07, 6.45) is 0. The van der Waals surface area contributed by atoms with E-state index in [0.29, 0.717) is 16.3 Å². The van der Waals surface area contributed by atoms with Crippen molar-refractivity contribution in [2.45, 2.75) is 0 Å². The molecule has 136 valence electrons. The van der Waals surface area contributed by atoms with E-state index in [1.165, 1.54) is 4.90 Å². The third kappa shape index (κ3) is 3.44. The highest BCUT2D eigenvalue weighted by atomic mass is 35.5. The molecule has 0 saturated heterocycles. The molecular formula is C19H20ClN3O3. The lowest BCUT2D eigenvalue weighted by Crippen LogP contribution is -2.35. The van der Waals surface area contributed by atoms with Crippen molar-refractivity contribution in [2.75, 3.05) is 26.3 Å². The van der Waals surface area contributed by atoms with Crippen LogP contribution in [0.5, 0.6) is 0 Å². The molecule has 0 atom stereocenters. The molecule has 0 aliphatic heterocycles. The maximum absolute atomic E-state index is 12.7. The first-order valence-corrected chi connectivity index (χ1v) is 8.67. The van der Waals surface area contributed by atoms with Crippen molar-refractivity contribution >= 4 is 28.4 Å². The highest BCUT2D eigenvalue weighted by molar-refractivity contribution is 6.36. The Kier molecular flexibility index (Phi) is 5.56. The molecule has 0 bridgehead atoms. The van der Waals surface area contributed by atoms with Gasteiger partial charge in [0.25, 0.3) is 5.91 Å². The average Bonchev–Trinajstić information content (AvgIpc) is 2.99. The van der Waals surface area contributed by atoms with E-state index >= 15 is 0 Å². The van der Waals surface area contributed by atoms with E-state index in [1.54, 1.807) is 22.9 Å². The monoisotopic (exact) mass is 373 g/mol. The van der Waals surface area contributed by atoms with Gasteiger partial charge in [0.15, 0.2) is 0 Å². The third-order valence-electron chi connectivity index (χ3n) is 4.24. The Morgan fingerprint density at radius 2 is 1.85 bits per heavy atom. The molecule has 2 N–H and O–H groups in total. The van der Waals surface area contributed by atoms with Crippen LogP contribution in [0, 0.1) is 0 Å². The number of halogens is 1. The number of nitrogens with zero attached hydrogens (tertiary/aromatic N) is 3. The van der Waals surface area contributed by atoms with E-state index in [9.17, 15) is 4.79 Å². The summed E-state index contributed by atoms with van der Waals surface area (Å²) in [5.74, 6) is -0.249. The molecule has 0 unspecified atom stereocenters. The molecule has 0 aliphatic carbocycles. The van der Waals surface area contributed by atoms with Crippen molar-refractivity contribution in [3.8, 4) is 11.3 Å². The summed E-state index contributed by atoms with van der Waals surface area (Å²) < 4.78 is 1.76. The summed E-state index contributed by atoms with van der Waals surface area (Å²) in [6.45, 7) is 0.0156. The highest BCUT2D eigenvalue weighted by Crippen LogP contribution is 2.33.